The van der Waals surface area contributed by atoms with E-state index in [2.05, 4.69) is 0 Å². The minimum absolute atomic E-state index is 0.370. The first kappa shape index (κ1) is 20.4. The van der Waals surface area contributed by atoms with Gasteiger partial charge in [-0.1, -0.05) is 91.0 Å². The fourth-order valence-electron chi connectivity index (χ4n) is 3.79. The summed E-state index contributed by atoms with van der Waals surface area (Å²) < 4.78 is 6.43. The normalized spacial score (nSPS) is 11.0. The molecule has 0 bridgehead atoms. The highest BCUT2D eigenvalue weighted by Crippen LogP contribution is 2.41. The van der Waals surface area contributed by atoms with E-state index in [1.54, 1.807) is 12.1 Å². The first-order valence-electron chi connectivity index (χ1n) is 10.3. The Balaban J connectivity index is 1.94. The minimum atomic E-state index is -1.08. The zero-order chi connectivity index (χ0) is 21.7. The molecular formula is C28H25NO2. The van der Waals surface area contributed by atoms with Gasteiger partial charge >= 0.3 is 5.97 Å². The van der Waals surface area contributed by atoms with Crippen LogP contribution in [0.1, 0.15) is 27.0 Å². The molecule has 0 N–H and O–H groups in total. The molecule has 4 rings (SSSR count). The molecule has 0 atom stereocenters. The van der Waals surface area contributed by atoms with E-state index in [9.17, 15) is 4.79 Å². The summed E-state index contributed by atoms with van der Waals surface area (Å²) in [5, 5.41) is 0. The molecule has 0 radical (unpaired) electrons. The van der Waals surface area contributed by atoms with Crippen LogP contribution >= 0.6 is 0 Å². The first-order chi connectivity index (χ1) is 15.1. The number of rotatable bonds is 6. The van der Waals surface area contributed by atoms with Gasteiger partial charge in [-0.3, -0.25) is 0 Å². The molecular weight excluding hydrogens is 382 g/mol. The second-order valence-electron chi connectivity index (χ2n) is 7.61. The molecule has 0 heterocycles. The van der Waals surface area contributed by atoms with Crippen molar-refractivity contribution in [1.82, 2.24) is 0 Å². The van der Waals surface area contributed by atoms with Crippen LogP contribution in [0.3, 0.4) is 0 Å². The zero-order valence-electron chi connectivity index (χ0n) is 17.7. The maximum absolute atomic E-state index is 13.3. The standard InChI is InChI=1S/C28H25NO2/c1-29(2)26-20-18-25(19-21-26)28(23-14-8-4-9-15-23,24-16-10-5-11-17-24)31-27(30)22-12-6-3-7-13-22/h3-21H,1-2H3. The predicted molar refractivity (Wildman–Crippen MR) is 125 cm³/mol. The van der Waals surface area contributed by atoms with Gasteiger partial charge in [-0.25, -0.2) is 4.79 Å². The van der Waals surface area contributed by atoms with E-state index < -0.39 is 5.60 Å². The monoisotopic (exact) mass is 407 g/mol. The van der Waals surface area contributed by atoms with Crippen molar-refractivity contribution in [1.29, 1.82) is 0 Å². The molecule has 0 unspecified atom stereocenters. The highest BCUT2D eigenvalue weighted by atomic mass is 16.6. The summed E-state index contributed by atoms with van der Waals surface area (Å²) >= 11 is 0. The number of anilines is 1. The number of hydrogen-bond acceptors (Lipinski definition) is 3. The second-order valence-corrected chi connectivity index (χ2v) is 7.61. The molecule has 31 heavy (non-hydrogen) atoms. The number of ether oxygens (including phenoxy) is 1. The third-order valence-corrected chi connectivity index (χ3v) is 5.41. The summed E-state index contributed by atoms with van der Waals surface area (Å²) in [6, 6.07) is 37.1. The number of carbonyl (C=O) groups excluding carboxylic acids is 1. The van der Waals surface area contributed by atoms with Gasteiger partial charge in [-0.05, 0) is 24.3 Å². The second kappa shape index (κ2) is 8.88. The molecule has 0 saturated carbocycles. The Morgan fingerprint density at radius 1 is 0.613 bits per heavy atom. The van der Waals surface area contributed by atoms with Gasteiger partial charge in [0.1, 0.15) is 0 Å². The van der Waals surface area contributed by atoms with Gasteiger partial charge in [-0.2, -0.15) is 0 Å². The van der Waals surface area contributed by atoms with E-state index >= 15 is 0 Å². The molecule has 0 saturated heterocycles. The van der Waals surface area contributed by atoms with Crippen molar-refractivity contribution in [3.63, 3.8) is 0 Å². The highest BCUT2D eigenvalue weighted by molar-refractivity contribution is 5.90. The van der Waals surface area contributed by atoms with Crippen LogP contribution in [0.25, 0.3) is 0 Å². The average Bonchev–Trinajstić information content (AvgIpc) is 2.84. The summed E-state index contributed by atoms with van der Waals surface area (Å²) in [5.41, 5.74) is 3.18. The van der Waals surface area contributed by atoms with Gasteiger partial charge in [0, 0.05) is 36.5 Å². The van der Waals surface area contributed by atoms with Crippen LogP contribution in [0.4, 0.5) is 5.69 Å². The Hall–Kier alpha value is -3.85. The van der Waals surface area contributed by atoms with E-state index in [1.807, 2.05) is 122 Å². The summed E-state index contributed by atoms with van der Waals surface area (Å²) in [7, 11) is 4.01. The first-order valence-corrected chi connectivity index (χ1v) is 10.3. The van der Waals surface area contributed by atoms with E-state index in [-0.39, 0.29) is 5.97 Å². The highest BCUT2D eigenvalue weighted by Gasteiger charge is 2.40. The van der Waals surface area contributed by atoms with Gasteiger partial charge in [0.2, 0.25) is 0 Å². The topological polar surface area (TPSA) is 29.5 Å². The van der Waals surface area contributed by atoms with Gasteiger partial charge in [0.05, 0.1) is 5.56 Å². The maximum atomic E-state index is 13.3. The molecule has 4 aromatic rings. The van der Waals surface area contributed by atoms with Crippen molar-refractivity contribution in [3.8, 4) is 0 Å². The third kappa shape index (κ3) is 4.08. The number of esters is 1. The zero-order valence-corrected chi connectivity index (χ0v) is 17.7. The van der Waals surface area contributed by atoms with E-state index in [4.69, 9.17) is 4.74 Å². The fourth-order valence-corrected chi connectivity index (χ4v) is 3.79. The molecule has 3 heteroatoms. The van der Waals surface area contributed by atoms with Crippen molar-refractivity contribution in [2.45, 2.75) is 5.60 Å². The van der Waals surface area contributed by atoms with Crippen LogP contribution in [0.5, 0.6) is 0 Å². The predicted octanol–water partition coefficient (Wildman–Crippen LogP) is 5.90. The van der Waals surface area contributed by atoms with Crippen LogP contribution in [0, 0.1) is 0 Å². The van der Waals surface area contributed by atoms with Crippen molar-refractivity contribution < 1.29 is 9.53 Å². The Labute approximate surface area is 183 Å². The van der Waals surface area contributed by atoms with Gasteiger partial charge < -0.3 is 9.64 Å². The van der Waals surface area contributed by atoms with Crippen LogP contribution in [0.15, 0.2) is 115 Å². The van der Waals surface area contributed by atoms with Crippen LogP contribution in [-0.4, -0.2) is 20.1 Å². The summed E-state index contributed by atoms with van der Waals surface area (Å²) in [6.45, 7) is 0. The quantitative estimate of drug-likeness (QED) is 0.294. The van der Waals surface area contributed by atoms with Gasteiger partial charge in [-0.15, -0.1) is 0 Å². The summed E-state index contributed by atoms with van der Waals surface area (Å²) in [6.07, 6.45) is 0. The van der Waals surface area contributed by atoms with Crippen molar-refractivity contribution in [3.05, 3.63) is 138 Å². The molecule has 0 aliphatic rings. The smallest absolute Gasteiger partial charge is 0.339 e. The molecule has 0 aliphatic heterocycles. The molecule has 0 aromatic heterocycles. The molecule has 0 amide bonds. The number of hydrogen-bond donors (Lipinski definition) is 0. The Bertz CT molecular complexity index is 1080. The fraction of sp³-hybridized carbons (Fsp3) is 0.107. The average molecular weight is 408 g/mol. The number of nitrogens with zero attached hydrogens (tertiary/aromatic N) is 1. The largest absolute Gasteiger partial charge is 0.441 e. The summed E-state index contributed by atoms with van der Waals surface area (Å²) in [4.78, 5) is 15.4. The lowest BCUT2D eigenvalue weighted by Crippen LogP contribution is -2.35. The van der Waals surface area contributed by atoms with Crippen LogP contribution in [-0.2, 0) is 10.3 Å². The van der Waals surface area contributed by atoms with Crippen LogP contribution in [0.2, 0.25) is 0 Å². The van der Waals surface area contributed by atoms with Crippen molar-refractivity contribution in [2.75, 3.05) is 19.0 Å². The van der Waals surface area contributed by atoms with Crippen molar-refractivity contribution in [2.24, 2.45) is 0 Å². The van der Waals surface area contributed by atoms with E-state index in [0.717, 1.165) is 22.4 Å². The Morgan fingerprint density at radius 3 is 1.48 bits per heavy atom. The van der Waals surface area contributed by atoms with Crippen molar-refractivity contribution >= 4 is 11.7 Å². The minimum Gasteiger partial charge on any atom is -0.441 e. The lowest BCUT2D eigenvalue weighted by Gasteiger charge is -2.35. The lowest BCUT2D eigenvalue weighted by molar-refractivity contribution is 0.0141. The summed E-state index contributed by atoms with van der Waals surface area (Å²) in [5.74, 6) is -0.370. The van der Waals surface area contributed by atoms with E-state index in [0.29, 0.717) is 5.56 Å². The Kier molecular flexibility index (Phi) is 5.85. The van der Waals surface area contributed by atoms with Gasteiger partial charge in [0.25, 0.3) is 0 Å². The molecule has 0 fully saturated rings. The van der Waals surface area contributed by atoms with E-state index in [1.165, 1.54) is 0 Å². The van der Waals surface area contributed by atoms with Crippen LogP contribution < -0.4 is 4.90 Å². The molecule has 0 aliphatic carbocycles. The third-order valence-electron chi connectivity index (χ3n) is 5.41. The lowest BCUT2D eigenvalue weighted by atomic mass is 9.80. The molecule has 3 nitrogen and oxygen atoms in total. The molecule has 4 aromatic carbocycles. The number of carbonyl (C=O) groups is 1. The Morgan fingerprint density at radius 2 is 1.03 bits per heavy atom. The number of benzene rings is 4. The molecule has 154 valence electrons. The van der Waals surface area contributed by atoms with Gasteiger partial charge in [0.15, 0.2) is 5.60 Å². The SMILES string of the molecule is CN(C)c1ccc(C(OC(=O)c2ccccc2)(c2ccccc2)c2ccccc2)cc1. The maximum Gasteiger partial charge on any atom is 0.339 e. The molecule has 0 spiro atoms.